The van der Waals surface area contributed by atoms with Gasteiger partial charge in [-0.05, 0) is 51.9 Å². The van der Waals surface area contributed by atoms with Crippen LogP contribution in [0.4, 0.5) is 4.39 Å². The van der Waals surface area contributed by atoms with Gasteiger partial charge in [-0.3, -0.25) is 9.48 Å². The van der Waals surface area contributed by atoms with E-state index in [9.17, 15) is 9.18 Å². The third-order valence-electron chi connectivity index (χ3n) is 6.62. The van der Waals surface area contributed by atoms with Gasteiger partial charge in [0.2, 0.25) is 0 Å². The van der Waals surface area contributed by atoms with Crippen LogP contribution in [0.2, 0.25) is 0 Å². The minimum Gasteiger partial charge on any atom is -0.356 e. The van der Waals surface area contributed by atoms with Crippen LogP contribution in [0, 0.1) is 19.7 Å². The normalized spacial score (nSPS) is 18.4. The highest BCUT2D eigenvalue weighted by Gasteiger charge is 2.30. The number of nitrogens with zero attached hydrogens (tertiary/aromatic N) is 5. The molecule has 0 N–H and O–H groups in total. The van der Waals surface area contributed by atoms with Crippen LogP contribution in [0.25, 0.3) is 11.0 Å². The maximum atomic E-state index is 13.4. The lowest BCUT2D eigenvalue weighted by molar-refractivity contribution is 0.0666. The van der Waals surface area contributed by atoms with Gasteiger partial charge in [0.1, 0.15) is 11.5 Å². The summed E-state index contributed by atoms with van der Waals surface area (Å²) in [5.74, 6) is 0.112. The van der Waals surface area contributed by atoms with Crippen LogP contribution >= 0.6 is 0 Å². The molecule has 0 unspecified atom stereocenters. The summed E-state index contributed by atoms with van der Waals surface area (Å²) in [6, 6.07) is 4.62. The molecule has 0 bridgehead atoms. The predicted octanol–water partition coefficient (Wildman–Crippen LogP) is 3.12. The first-order valence-electron chi connectivity index (χ1n) is 10.6. The molecule has 8 heteroatoms. The maximum absolute atomic E-state index is 13.4. The number of aryl methyl sites for hydroxylation is 1. The number of fused-ring (bicyclic) bond motifs is 2. The first-order chi connectivity index (χ1) is 14.5. The molecule has 0 saturated carbocycles. The Hall–Kier alpha value is -2.74. The topological polar surface area (TPSA) is 67.4 Å². The summed E-state index contributed by atoms with van der Waals surface area (Å²) in [5, 5.41) is 9.61. The Kier molecular flexibility index (Phi) is 4.81. The van der Waals surface area contributed by atoms with Crippen molar-refractivity contribution in [3.05, 3.63) is 46.7 Å². The minimum atomic E-state index is -0.305. The number of aromatic nitrogens is 3. The predicted molar refractivity (Wildman–Crippen MR) is 110 cm³/mol. The summed E-state index contributed by atoms with van der Waals surface area (Å²) in [6.45, 7) is 8.92. The molecule has 158 valence electrons. The molecule has 30 heavy (non-hydrogen) atoms. The second kappa shape index (κ2) is 7.50. The van der Waals surface area contributed by atoms with Gasteiger partial charge in [0.05, 0.1) is 17.9 Å². The lowest BCUT2D eigenvalue weighted by Crippen LogP contribution is -2.45. The monoisotopic (exact) mass is 411 g/mol. The summed E-state index contributed by atoms with van der Waals surface area (Å²) < 4.78 is 20.6. The molecule has 1 amide bonds. The SMILES string of the molecule is Cc1nn2c(c1C)C(=O)N(CCN1CCC(c3noc4cc(F)ccc34)CC1)CC2. The molecule has 5 rings (SSSR count). The van der Waals surface area contributed by atoms with E-state index in [-0.39, 0.29) is 11.7 Å². The van der Waals surface area contributed by atoms with Crippen molar-refractivity contribution in [3.63, 3.8) is 0 Å². The molecule has 2 aromatic heterocycles. The Balaban J connectivity index is 1.18. The van der Waals surface area contributed by atoms with E-state index in [1.807, 2.05) is 23.4 Å². The average Bonchev–Trinajstić information content (AvgIpc) is 3.28. The number of hydrogen-bond donors (Lipinski definition) is 0. The molecule has 7 nitrogen and oxygen atoms in total. The van der Waals surface area contributed by atoms with Crippen molar-refractivity contribution in [3.8, 4) is 0 Å². The Morgan fingerprint density at radius 1 is 1.13 bits per heavy atom. The van der Waals surface area contributed by atoms with Crippen molar-refractivity contribution in [2.75, 3.05) is 32.7 Å². The maximum Gasteiger partial charge on any atom is 0.272 e. The van der Waals surface area contributed by atoms with Crippen molar-refractivity contribution in [1.29, 1.82) is 0 Å². The lowest BCUT2D eigenvalue weighted by atomic mass is 9.91. The number of piperidine rings is 1. The van der Waals surface area contributed by atoms with E-state index in [1.165, 1.54) is 12.1 Å². The number of likely N-dealkylation sites (tertiary alicyclic amines) is 1. The molecule has 1 aromatic carbocycles. The molecular formula is C22H26FN5O2. The Morgan fingerprint density at radius 3 is 2.73 bits per heavy atom. The zero-order valence-electron chi connectivity index (χ0n) is 17.4. The summed E-state index contributed by atoms with van der Waals surface area (Å²) in [5.41, 5.74) is 4.12. The van der Waals surface area contributed by atoms with E-state index in [1.54, 1.807) is 6.07 Å². The third kappa shape index (κ3) is 3.29. The highest BCUT2D eigenvalue weighted by atomic mass is 19.1. The van der Waals surface area contributed by atoms with Gasteiger partial charge in [0, 0.05) is 42.6 Å². The molecule has 0 atom stereocenters. The second-order valence-corrected chi connectivity index (χ2v) is 8.40. The van der Waals surface area contributed by atoms with Crippen molar-refractivity contribution in [1.82, 2.24) is 24.7 Å². The van der Waals surface area contributed by atoms with E-state index < -0.39 is 0 Å². The first kappa shape index (κ1) is 19.2. The number of hydrogen-bond acceptors (Lipinski definition) is 5. The summed E-state index contributed by atoms with van der Waals surface area (Å²) in [6.07, 6.45) is 1.97. The van der Waals surface area contributed by atoms with Crippen LogP contribution in [0.15, 0.2) is 22.7 Å². The van der Waals surface area contributed by atoms with Crippen LogP contribution in [0.3, 0.4) is 0 Å². The highest BCUT2D eigenvalue weighted by molar-refractivity contribution is 5.94. The zero-order valence-corrected chi connectivity index (χ0v) is 17.4. The van der Waals surface area contributed by atoms with Gasteiger partial charge < -0.3 is 14.3 Å². The van der Waals surface area contributed by atoms with E-state index in [2.05, 4.69) is 15.2 Å². The number of carbonyl (C=O) groups is 1. The number of benzene rings is 1. The average molecular weight is 411 g/mol. The molecular weight excluding hydrogens is 385 g/mol. The number of halogens is 1. The van der Waals surface area contributed by atoms with Crippen molar-refractivity contribution in [2.45, 2.75) is 39.2 Å². The van der Waals surface area contributed by atoms with Crippen LogP contribution in [0.5, 0.6) is 0 Å². The van der Waals surface area contributed by atoms with E-state index >= 15 is 0 Å². The third-order valence-corrected chi connectivity index (χ3v) is 6.62. The van der Waals surface area contributed by atoms with Gasteiger partial charge in [-0.15, -0.1) is 0 Å². The smallest absolute Gasteiger partial charge is 0.272 e. The molecule has 0 radical (unpaired) electrons. The van der Waals surface area contributed by atoms with Crippen molar-refractivity contribution in [2.24, 2.45) is 0 Å². The number of rotatable bonds is 4. The largest absolute Gasteiger partial charge is 0.356 e. The fraction of sp³-hybridized carbons (Fsp3) is 0.500. The summed E-state index contributed by atoms with van der Waals surface area (Å²) >= 11 is 0. The van der Waals surface area contributed by atoms with Gasteiger partial charge in [-0.25, -0.2) is 4.39 Å². The number of amides is 1. The molecule has 3 aromatic rings. The molecule has 1 saturated heterocycles. The Labute approximate surface area is 174 Å². The molecule has 2 aliphatic rings. The molecule has 0 spiro atoms. The van der Waals surface area contributed by atoms with Crippen molar-refractivity contribution >= 4 is 16.9 Å². The second-order valence-electron chi connectivity index (χ2n) is 8.40. The summed E-state index contributed by atoms with van der Waals surface area (Å²) in [7, 11) is 0. The first-order valence-corrected chi connectivity index (χ1v) is 10.6. The molecule has 0 aliphatic carbocycles. The van der Waals surface area contributed by atoms with Crippen LogP contribution in [0.1, 0.15) is 46.2 Å². The van der Waals surface area contributed by atoms with E-state index in [0.717, 1.165) is 73.6 Å². The van der Waals surface area contributed by atoms with Crippen LogP contribution in [-0.4, -0.2) is 63.4 Å². The minimum absolute atomic E-state index is 0.0931. The molecule has 2 aliphatic heterocycles. The summed E-state index contributed by atoms with van der Waals surface area (Å²) in [4.78, 5) is 17.2. The standard InChI is InChI=1S/C22H26FN5O2/c1-14-15(2)24-28-12-11-27(22(29)21(14)28)10-9-26-7-5-16(6-8-26)20-18-4-3-17(23)13-19(18)30-25-20/h3-4,13,16H,5-12H2,1-2H3. The highest BCUT2D eigenvalue weighted by Crippen LogP contribution is 2.32. The van der Waals surface area contributed by atoms with E-state index in [0.29, 0.717) is 18.0 Å². The van der Waals surface area contributed by atoms with Gasteiger partial charge in [0.25, 0.3) is 5.91 Å². The quantitative estimate of drug-likeness (QED) is 0.660. The van der Waals surface area contributed by atoms with E-state index in [4.69, 9.17) is 4.52 Å². The van der Waals surface area contributed by atoms with Crippen LogP contribution < -0.4 is 0 Å². The fourth-order valence-electron chi connectivity index (χ4n) is 4.70. The molecule has 1 fully saturated rings. The Bertz CT molecular complexity index is 1100. The van der Waals surface area contributed by atoms with Gasteiger partial charge in [-0.2, -0.15) is 5.10 Å². The molecule has 4 heterocycles. The van der Waals surface area contributed by atoms with Gasteiger partial charge in [0.15, 0.2) is 5.58 Å². The van der Waals surface area contributed by atoms with Gasteiger partial charge >= 0.3 is 0 Å². The zero-order chi connectivity index (χ0) is 20.8. The number of carbonyl (C=O) groups excluding carboxylic acids is 1. The Morgan fingerprint density at radius 2 is 1.93 bits per heavy atom. The van der Waals surface area contributed by atoms with Crippen LogP contribution in [-0.2, 0) is 6.54 Å². The van der Waals surface area contributed by atoms with Gasteiger partial charge in [-0.1, -0.05) is 5.16 Å². The fourth-order valence-corrected chi connectivity index (χ4v) is 4.70. The lowest BCUT2D eigenvalue weighted by Gasteiger charge is -2.34. The van der Waals surface area contributed by atoms with Crippen molar-refractivity contribution < 1.29 is 13.7 Å².